The lowest BCUT2D eigenvalue weighted by atomic mass is 9.74. The maximum atomic E-state index is 10.3. The molecule has 0 aromatic rings. The van der Waals surface area contributed by atoms with Gasteiger partial charge in [-0.3, -0.25) is 0 Å². The summed E-state index contributed by atoms with van der Waals surface area (Å²) in [6.07, 6.45) is 0.516. The Balaban J connectivity index is 1.90. The zero-order valence-electron chi connectivity index (χ0n) is 8.88. The molecule has 0 amide bonds. The van der Waals surface area contributed by atoms with Crippen molar-refractivity contribution in [1.82, 2.24) is 0 Å². The molecule has 2 bridgehead atoms. The maximum Gasteiger partial charge on any atom is 0.173 e. The van der Waals surface area contributed by atoms with Crippen LogP contribution in [0.4, 0.5) is 0 Å². The van der Waals surface area contributed by atoms with Crippen LogP contribution in [0.5, 0.6) is 0 Å². The molecule has 84 valence electrons. The van der Waals surface area contributed by atoms with E-state index in [1.165, 1.54) is 0 Å². The molecule has 4 heteroatoms. The predicted octanol–water partition coefficient (Wildman–Crippen LogP) is 0.0831. The van der Waals surface area contributed by atoms with Gasteiger partial charge in [-0.05, 0) is 32.1 Å². The standard InChI is InChI=1S/C11H16O4/c1-10(13)6-4-3-5-7(6)11(2,15-10)14-9(5)8(4)12/h4-9,12-13H,3H2,1-2H3/t4?,5?,6?,7?,8-,9?,10-,11?/m0/s1. The summed E-state index contributed by atoms with van der Waals surface area (Å²) in [7, 11) is 0. The van der Waals surface area contributed by atoms with Gasteiger partial charge in [0.1, 0.15) is 0 Å². The van der Waals surface area contributed by atoms with Crippen LogP contribution in [0.25, 0.3) is 0 Å². The van der Waals surface area contributed by atoms with Gasteiger partial charge in [-0.1, -0.05) is 0 Å². The third-order valence-electron chi connectivity index (χ3n) is 5.05. The van der Waals surface area contributed by atoms with Gasteiger partial charge in [0.2, 0.25) is 0 Å². The van der Waals surface area contributed by atoms with Crippen LogP contribution in [0.3, 0.4) is 0 Å². The van der Waals surface area contributed by atoms with Gasteiger partial charge in [0.15, 0.2) is 11.6 Å². The van der Waals surface area contributed by atoms with Gasteiger partial charge in [-0.2, -0.15) is 0 Å². The molecule has 0 spiro atoms. The lowest BCUT2D eigenvalue weighted by Crippen LogP contribution is -2.46. The second kappa shape index (κ2) is 2.12. The number of rotatable bonds is 0. The highest BCUT2D eigenvalue weighted by molar-refractivity contribution is 5.19. The van der Waals surface area contributed by atoms with Gasteiger partial charge in [-0.25, -0.2) is 0 Å². The summed E-state index contributed by atoms with van der Waals surface area (Å²) in [5, 5.41) is 20.3. The Morgan fingerprint density at radius 3 is 2.67 bits per heavy atom. The predicted molar refractivity (Wildman–Crippen MR) is 49.6 cm³/mol. The molecule has 2 saturated carbocycles. The monoisotopic (exact) mass is 212 g/mol. The van der Waals surface area contributed by atoms with Crippen LogP contribution in [-0.4, -0.2) is 34.0 Å². The van der Waals surface area contributed by atoms with Gasteiger partial charge in [0, 0.05) is 11.8 Å². The Morgan fingerprint density at radius 2 is 1.93 bits per heavy atom. The third kappa shape index (κ3) is 0.751. The van der Waals surface area contributed by atoms with Gasteiger partial charge < -0.3 is 19.7 Å². The van der Waals surface area contributed by atoms with Crippen LogP contribution in [0, 0.1) is 23.7 Å². The van der Waals surface area contributed by atoms with E-state index in [9.17, 15) is 10.2 Å². The van der Waals surface area contributed by atoms with Gasteiger partial charge >= 0.3 is 0 Å². The average molecular weight is 212 g/mol. The Labute approximate surface area is 88.2 Å². The molecular weight excluding hydrogens is 196 g/mol. The van der Waals surface area contributed by atoms with Crippen LogP contribution >= 0.6 is 0 Å². The molecule has 0 radical (unpaired) electrons. The summed E-state index contributed by atoms with van der Waals surface area (Å²) in [5.74, 6) is -0.952. The van der Waals surface area contributed by atoms with Crippen molar-refractivity contribution in [3.63, 3.8) is 0 Å². The van der Waals surface area contributed by atoms with E-state index in [0.717, 1.165) is 6.42 Å². The topological polar surface area (TPSA) is 58.9 Å². The Morgan fingerprint density at radius 1 is 1.20 bits per heavy atom. The molecule has 15 heavy (non-hydrogen) atoms. The minimum absolute atomic E-state index is 0.0428. The molecule has 2 aliphatic heterocycles. The zero-order valence-corrected chi connectivity index (χ0v) is 8.88. The van der Waals surface area contributed by atoms with E-state index in [2.05, 4.69) is 0 Å². The summed E-state index contributed by atoms with van der Waals surface area (Å²) in [6.45, 7) is 3.60. The zero-order chi connectivity index (χ0) is 10.6. The Hall–Kier alpha value is -0.160. The summed E-state index contributed by atoms with van der Waals surface area (Å²) >= 11 is 0. The molecule has 2 saturated heterocycles. The van der Waals surface area contributed by atoms with E-state index in [1.54, 1.807) is 6.92 Å². The Bertz CT molecular complexity index is 341. The second-order valence-electron chi connectivity index (χ2n) is 5.86. The number of hydrogen-bond donors (Lipinski definition) is 2. The Kier molecular flexibility index (Phi) is 1.26. The molecule has 6 unspecified atom stereocenters. The fourth-order valence-electron chi connectivity index (χ4n) is 4.85. The van der Waals surface area contributed by atoms with Crippen molar-refractivity contribution >= 4 is 0 Å². The number of aliphatic hydroxyl groups excluding tert-OH is 1. The SMILES string of the molecule is CC12OC3C4CC(C(C41)[C@@](C)(O)O2)[C@@H]3O. The van der Waals surface area contributed by atoms with E-state index in [1.807, 2.05) is 6.92 Å². The molecule has 2 N–H and O–H groups in total. The van der Waals surface area contributed by atoms with Gasteiger partial charge in [-0.15, -0.1) is 0 Å². The molecule has 0 aromatic heterocycles. The normalized spacial score (nSPS) is 74.4. The first kappa shape index (κ1) is 8.93. The third-order valence-corrected chi connectivity index (χ3v) is 5.05. The number of aliphatic hydroxyl groups is 2. The molecule has 4 nitrogen and oxygen atoms in total. The smallest absolute Gasteiger partial charge is 0.173 e. The average Bonchev–Trinajstić information content (AvgIpc) is 2.70. The molecule has 8 atom stereocenters. The minimum atomic E-state index is -1.13. The van der Waals surface area contributed by atoms with Crippen molar-refractivity contribution in [2.45, 2.75) is 44.1 Å². The van der Waals surface area contributed by atoms with E-state index in [4.69, 9.17) is 9.47 Å². The first-order valence-electron chi connectivity index (χ1n) is 5.72. The van der Waals surface area contributed by atoms with Crippen molar-refractivity contribution in [1.29, 1.82) is 0 Å². The van der Waals surface area contributed by atoms with E-state index in [0.29, 0.717) is 5.92 Å². The fourth-order valence-corrected chi connectivity index (χ4v) is 4.85. The van der Waals surface area contributed by atoms with Crippen LogP contribution in [0.1, 0.15) is 20.3 Å². The van der Waals surface area contributed by atoms with Gasteiger partial charge in [0.25, 0.3) is 0 Å². The molecule has 2 aliphatic carbocycles. The maximum absolute atomic E-state index is 10.3. The quantitative estimate of drug-likeness (QED) is 0.597. The van der Waals surface area contributed by atoms with E-state index < -0.39 is 17.7 Å². The highest BCUT2D eigenvalue weighted by Crippen LogP contribution is 2.69. The number of ether oxygens (including phenoxy) is 2. The second-order valence-corrected chi connectivity index (χ2v) is 5.86. The van der Waals surface area contributed by atoms with Crippen molar-refractivity contribution in [3.05, 3.63) is 0 Å². The lowest BCUT2D eigenvalue weighted by Gasteiger charge is -2.35. The van der Waals surface area contributed by atoms with Crippen molar-refractivity contribution < 1.29 is 19.7 Å². The van der Waals surface area contributed by atoms with Crippen molar-refractivity contribution in [2.75, 3.05) is 0 Å². The summed E-state index contributed by atoms with van der Waals surface area (Å²) in [6, 6.07) is 0. The molecule has 4 fully saturated rings. The number of fused-ring (bicyclic) bond motifs is 2. The fraction of sp³-hybridized carbons (Fsp3) is 1.00. The van der Waals surface area contributed by atoms with Gasteiger partial charge in [0.05, 0.1) is 12.2 Å². The summed E-state index contributed by atoms with van der Waals surface area (Å²) in [5.41, 5.74) is 0. The minimum Gasteiger partial charge on any atom is -0.390 e. The van der Waals surface area contributed by atoms with Crippen molar-refractivity contribution in [3.8, 4) is 0 Å². The molecule has 2 heterocycles. The summed E-state index contributed by atoms with van der Waals surface area (Å²) in [4.78, 5) is 0. The highest BCUT2D eigenvalue weighted by atomic mass is 16.8. The first-order chi connectivity index (χ1) is 6.94. The summed E-state index contributed by atoms with van der Waals surface area (Å²) < 4.78 is 11.5. The van der Waals surface area contributed by atoms with E-state index >= 15 is 0 Å². The molecular formula is C11H16O4. The van der Waals surface area contributed by atoms with Crippen LogP contribution in [-0.2, 0) is 9.47 Å². The van der Waals surface area contributed by atoms with Crippen LogP contribution in [0.2, 0.25) is 0 Å². The molecule has 0 aromatic carbocycles. The van der Waals surface area contributed by atoms with Crippen LogP contribution in [0.15, 0.2) is 0 Å². The van der Waals surface area contributed by atoms with Crippen molar-refractivity contribution in [2.24, 2.45) is 23.7 Å². The largest absolute Gasteiger partial charge is 0.390 e. The van der Waals surface area contributed by atoms with E-state index in [-0.39, 0.29) is 23.9 Å². The highest BCUT2D eigenvalue weighted by Gasteiger charge is 2.77. The lowest BCUT2D eigenvalue weighted by molar-refractivity contribution is -0.317. The molecule has 4 aliphatic rings. The molecule has 4 rings (SSSR count). The number of hydrogen-bond acceptors (Lipinski definition) is 4. The first-order valence-corrected chi connectivity index (χ1v) is 5.72. The van der Waals surface area contributed by atoms with Crippen LogP contribution < -0.4 is 0 Å².